The Labute approximate surface area is 317 Å². The average Bonchev–Trinajstić information content (AvgIpc) is 3.62. The van der Waals surface area contributed by atoms with Crippen LogP contribution in [0.15, 0.2) is 208 Å². The Morgan fingerprint density at radius 1 is 0.370 bits per heavy atom. The number of para-hydroxylation sites is 5. The van der Waals surface area contributed by atoms with Gasteiger partial charge in [-0.1, -0.05) is 121 Å². The summed E-state index contributed by atoms with van der Waals surface area (Å²) in [5, 5.41) is 7.24. The van der Waals surface area contributed by atoms with Crippen molar-refractivity contribution >= 4 is 89.4 Å². The molecule has 254 valence electrons. The Bertz CT molecular complexity index is 2990. The minimum Gasteiger partial charge on any atom is -0.454 e. The van der Waals surface area contributed by atoms with Gasteiger partial charge < -0.3 is 14.2 Å². The number of furan rings is 1. The van der Waals surface area contributed by atoms with E-state index in [0.717, 1.165) is 56.1 Å². The third-order valence-electron chi connectivity index (χ3n) is 10.6. The molecule has 1 aliphatic rings. The fourth-order valence-electron chi connectivity index (χ4n) is 8.19. The van der Waals surface area contributed by atoms with E-state index < -0.39 is 0 Å². The number of hydrogen-bond acceptors (Lipinski definition) is 4. The molecule has 0 N–H and O–H groups in total. The molecule has 9 aromatic carbocycles. The lowest BCUT2D eigenvalue weighted by molar-refractivity contribution is 0.669. The maximum Gasteiger partial charge on any atom is 0.159 e. The van der Waals surface area contributed by atoms with Crippen molar-refractivity contribution in [2.75, 3.05) is 9.80 Å². The van der Waals surface area contributed by atoms with Crippen LogP contribution in [0.1, 0.15) is 0 Å². The van der Waals surface area contributed by atoms with Gasteiger partial charge in [0.25, 0.3) is 0 Å². The van der Waals surface area contributed by atoms with Crippen LogP contribution in [0.25, 0.3) is 54.6 Å². The molecule has 0 saturated carbocycles. The highest BCUT2D eigenvalue weighted by molar-refractivity contribution is 7.99. The van der Waals surface area contributed by atoms with E-state index in [0.29, 0.717) is 0 Å². The van der Waals surface area contributed by atoms with Crippen LogP contribution in [0.3, 0.4) is 0 Å². The fourth-order valence-corrected chi connectivity index (χ4v) is 9.36. The number of rotatable bonds is 6. The predicted octanol–water partition coefficient (Wildman–Crippen LogP) is 15.0. The molecule has 54 heavy (non-hydrogen) atoms. The second-order valence-corrected chi connectivity index (χ2v) is 14.8. The molecule has 0 spiro atoms. The van der Waals surface area contributed by atoms with Gasteiger partial charge in [0.05, 0.1) is 5.69 Å². The van der Waals surface area contributed by atoms with Gasteiger partial charge >= 0.3 is 0 Å². The largest absolute Gasteiger partial charge is 0.454 e. The monoisotopic (exact) mass is 708 g/mol. The Balaban J connectivity index is 1.07. The van der Waals surface area contributed by atoms with Gasteiger partial charge in [0.2, 0.25) is 0 Å². The third kappa shape index (κ3) is 4.92. The van der Waals surface area contributed by atoms with E-state index in [4.69, 9.17) is 4.42 Å². The molecule has 0 unspecified atom stereocenters. The molecule has 0 radical (unpaired) electrons. The van der Waals surface area contributed by atoms with Crippen molar-refractivity contribution in [2.24, 2.45) is 0 Å². The lowest BCUT2D eigenvalue weighted by atomic mass is 9.92. The van der Waals surface area contributed by atoms with Gasteiger partial charge in [0.15, 0.2) is 5.58 Å². The van der Waals surface area contributed by atoms with Crippen molar-refractivity contribution < 1.29 is 4.42 Å². The number of fused-ring (bicyclic) bond motifs is 7. The van der Waals surface area contributed by atoms with Gasteiger partial charge in [-0.15, -0.1) is 0 Å². The first-order valence-electron chi connectivity index (χ1n) is 18.3. The molecule has 0 aliphatic carbocycles. The zero-order valence-electron chi connectivity index (χ0n) is 29.2. The minimum atomic E-state index is 0.880. The highest BCUT2D eigenvalue weighted by atomic mass is 32.2. The minimum absolute atomic E-state index is 0.880. The van der Waals surface area contributed by atoms with Crippen LogP contribution in [0.5, 0.6) is 0 Å². The number of benzene rings is 9. The fraction of sp³-hybridized carbons (Fsp3) is 0. The molecule has 4 heteroatoms. The standard InChI is InChI=1S/C50H32N2OS/c1-4-14-34(15-5-1)51(35-16-6-2-7-17-35)38-28-29-40-44-30-33-26-27-37(31-43(33)41-21-13-25-47(49(41)44)54-48(40)32-38)52(36-18-8-3-9-19-36)45-23-12-22-42-39-20-10-11-24-46(39)53-50(42)45/h1-32H. The van der Waals surface area contributed by atoms with Crippen molar-refractivity contribution in [3.63, 3.8) is 0 Å². The normalized spacial score (nSPS) is 12.0. The van der Waals surface area contributed by atoms with Crippen LogP contribution in [-0.4, -0.2) is 0 Å². The van der Waals surface area contributed by atoms with E-state index in [1.165, 1.54) is 42.5 Å². The number of anilines is 6. The third-order valence-corrected chi connectivity index (χ3v) is 11.7. The molecule has 0 fully saturated rings. The number of nitrogens with zero attached hydrogens (tertiary/aromatic N) is 2. The lowest BCUT2D eigenvalue weighted by Gasteiger charge is -2.28. The summed E-state index contributed by atoms with van der Waals surface area (Å²) in [6, 6.07) is 69.6. The van der Waals surface area contributed by atoms with E-state index >= 15 is 0 Å². The van der Waals surface area contributed by atoms with Gasteiger partial charge in [0, 0.05) is 54.4 Å². The molecule has 11 rings (SSSR count). The summed E-state index contributed by atoms with van der Waals surface area (Å²) in [6.07, 6.45) is 0. The van der Waals surface area contributed by atoms with E-state index in [1.807, 2.05) is 23.9 Å². The van der Waals surface area contributed by atoms with Crippen molar-refractivity contribution in [1.82, 2.24) is 0 Å². The maximum absolute atomic E-state index is 6.58. The summed E-state index contributed by atoms with van der Waals surface area (Å²) in [5.74, 6) is 0. The first-order chi connectivity index (χ1) is 26.8. The predicted molar refractivity (Wildman–Crippen MR) is 228 cm³/mol. The quantitative estimate of drug-likeness (QED) is 0.160. The molecule has 1 aliphatic heterocycles. The summed E-state index contributed by atoms with van der Waals surface area (Å²) in [4.78, 5) is 7.20. The Morgan fingerprint density at radius 2 is 0.981 bits per heavy atom. The van der Waals surface area contributed by atoms with Crippen LogP contribution in [0.4, 0.5) is 34.1 Å². The van der Waals surface area contributed by atoms with E-state index in [1.54, 1.807) is 0 Å². The molecule has 0 amide bonds. The maximum atomic E-state index is 6.58. The first-order valence-corrected chi connectivity index (χ1v) is 19.1. The molecular formula is C50H32N2OS. The molecule has 1 aromatic heterocycles. The Kier molecular flexibility index (Phi) is 7.10. The summed E-state index contributed by atoms with van der Waals surface area (Å²) < 4.78 is 6.58. The summed E-state index contributed by atoms with van der Waals surface area (Å²) in [6.45, 7) is 0. The molecular weight excluding hydrogens is 677 g/mol. The molecule has 0 bridgehead atoms. The van der Waals surface area contributed by atoms with Crippen LogP contribution < -0.4 is 9.80 Å². The smallest absolute Gasteiger partial charge is 0.159 e. The number of hydrogen-bond donors (Lipinski definition) is 0. The average molecular weight is 709 g/mol. The molecule has 10 aromatic rings. The molecule has 3 nitrogen and oxygen atoms in total. The van der Waals surface area contributed by atoms with Gasteiger partial charge in [-0.2, -0.15) is 0 Å². The Hall–Kier alpha value is -6.75. The van der Waals surface area contributed by atoms with Gasteiger partial charge in [-0.25, -0.2) is 0 Å². The molecule has 2 heterocycles. The van der Waals surface area contributed by atoms with Crippen LogP contribution in [0, 0.1) is 0 Å². The van der Waals surface area contributed by atoms with Crippen LogP contribution in [-0.2, 0) is 0 Å². The van der Waals surface area contributed by atoms with Crippen LogP contribution >= 0.6 is 11.8 Å². The second kappa shape index (κ2) is 12.4. The van der Waals surface area contributed by atoms with E-state index in [9.17, 15) is 0 Å². The SMILES string of the molecule is c1ccc(N(c2ccccc2)c2ccc3c(c2)Sc2cccc4c2c-3cc2ccc(N(c3ccccc3)c3cccc5c3oc3ccccc35)cc24)cc1. The second-order valence-electron chi connectivity index (χ2n) is 13.7. The Morgan fingerprint density at radius 3 is 1.74 bits per heavy atom. The zero-order valence-corrected chi connectivity index (χ0v) is 30.0. The van der Waals surface area contributed by atoms with Crippen molar-refractivity contribution in [3.05, 3.63) is 194 Å². The van der Waals surface area contributed by atoms with Gasteiger partial charge in [0.1, 0.15) is 5.58 Å². The van der Waals surface area contributed by atoms with Crippen molar-refractivity contribution in [3.8, 4) is 11.1 Å². The van der Waals surface area contributed by atoms with Crippen molar-refractivity contribution in [2.45, 2.75) is 9.79 Å². The first kappa shape index (κ1) is 30.8. The summed E-state index contributed by atoms with van der Waals surface area (Å²) in [5.41, 5.74) is 10.9. The summed E-state index contributed by atoms with van der Waals surface area (Å²) in [7, 11) is 0. The topological polar surface area (TPSA) is 19.6 Å². The molecule has 0 saturated heterocycles. The molecule has 0 atom stereocenters. The van der Waals surface area contributed by atoms with E-state index in [-0.39, 0.29) is 0 Å². The lowest BCUT2D eigenvalue weighted by Crippen LogP contribution is -2.10. The van der Waals surface area contributed by atoms with Gasteiger partial charge in [-0.3, -0.25) is 0 Å². The summed E-state index contributed by atoms with van der Waals surface area (Å²) >= 11 is 1.86. The van der Waals surface area contributed by atoms with Crippen molar-refractivity contribution in [1.29, 1.82) is 0 Å². The van der Waals surface area contributed by atoms with E-state index in [2.05, 4.69) is 192 Å². The van der Waals surface area contributed by atoms with Crippen LogP contribution in [0.2, 0.25) is 0 Å². The highest BCUT2D eigenvalue weighted by Crippen LogP contribution is 2.52. The van der Waals surface area contributed by atoms with Gasteiger partial charge in [-0.05, 0) is 112 Å². The zero-order chi connectivity index (χ0) is 35.6. The highest BCUT2D eigenvalue weighted by Gasteiger charge is 2.24.